The molecule has 1 aromatic rings. The summed E-state index contributed by atoms with van der Waals surface area (Å²) in [6, 6.07) is 1.21. The van der Waals surface area contributed by atoms with E-state index in [1.165, 1.54) is 0 Å². The molecular formula is C12H4ClF12NO2. The Morgan fingerprint density at radius 2 is 1.39 bits per heavy atom. The fourth-order valence-corrected chi connectivity index (χ4v) is 1.60. The SMILES string of the molecule is O=C(Nc1ccc(F)c(Cl)c1)C(F)(OC(F)(F)C(F)(F)C(F)(F)F)C(F)(F)F. The zero-order valence-electron chi connectivity index (χ0n) is 12.5. The zero-order chi connectivity index (χ0) is 22.3. The van der Waals surface area contributed by atoms with Crippen molar-refractivity contribution < 1.29 is 62.2 Å². The second kappa shape index (κ2) is 7.17. The van der Waals surface area contributed by atoms with Crippen LogP contribution < -0.4 is 5.32 Å². The van der Waals surface area contributed by atoms with Crippen molar-refractivity contribution in [2.75, 3.05) is 5.32 Å². The topological polar surface area (TPSA) is 38.3 Å². The van der Waals surface area contributed by atoms with E-state index in [0.29, 0.717) is 18.2 Å². The number of benzene rings is 1. The lowest BCUT2D eigenvalue weighted by molar-refractivity contribution is -0.472. The van der Waals surface area contributed by atoms with Crippen LogP contribution in [0.15, 0.2) is 18.2 Å². The third-order valence-electron chi connectivity index (χ3n) is 2.82. The highest BCUT2D eigenvalue weighted by Crippen LogP contribution is 2.51. The molecule has 28 heavy (non-hydrogen) atoms. The summed E-state index contributed by atoms with van der Waals surface area (Å²) in [5.41, 5.74) is -0.961. The Hall–Kier alpha value is -1.90. The van der Waals surface area contributed by atoms with Gasteiger partial charge >= 0.3 is 30.2 Å². The number of hydrogen-bond donors (Lipinski definition) is 1. The van der Waals surface area contributed by atoms with Crippen molar-refractivity contribution in [3.63, 3.8) is 0 Å². The summed E-state index contributed by atoms with van der Waals surface area (Å²) in [5, 5.41) is 0.0431. The van der Waals surface area contributed by atoms with Gasteiger partial charge in [0.15, 0.2) is 0 Å². The lowest BCUT2D eigenvalue weighted by Gasteiger charge is -2.34. The molecule has 0 bridgehead atoms. The van der Waals surface area contributed by atoms with Crippen LogP contribution in [0.5, 0.6) is 0 Å². The first-order valence-electron chi connectivity index (χ1n) is 6.31. The molecule has 0 radical (unpaired) electrons. The molecule has 160 valence electrons. The number of hydrogen-bond acceptors (Lipinski definition) is 2. The van der Waals surface area contributed by atoms with Crippen LogP contribution in [0.25, 0.3) is 0 Å². The maximum atomic E-state index is 13.9. The van der Waals surface area contributed by atoms with E-state index < -0.39 is 52.7 Å². The van der Waals surface area contributed by atoms with Gasteiger partial charge in [-0.15, -0.1) is 0 Å². The van der Waals surface area contributed by atoms with Gasteiger partial charge in [0.2, 0.25) is 0 Å². The Balaban J connectivity index is 3.32. The summed E-state index contributed by atoms with van der Waals surface area (Å²) in [5.74, 6) is -18.1. The average Bonchev–Trinajstić information content (AvgIpc) is 2.48. The molecule has 3 nitrogen and oxygen atoms in total. The van der Waals surface area contributed by atoms with E-state index >= 15 is 0 Å². The minimum atomic E-state index is -7.30. The molecule has 0 heterocycles. The van der Waals surface area contributed by atoms with Crippen molar-refractivity contribution in [3.8, 4) is 0 Å². The highest BCUT2D eigenvalue weighted by Gasteiger charge is 2.79. The first kappa shape index (κ1) is 24.1. The molecule has 0 aromatic heterocycles. The number of rotatable bonds is 5. The third-order valence-corrected chi connectivity index (χ3v) is 3.11. The summed E-state index contributed by atoms with van der Waals surface area (Å²) in [4.78, 5) is 11.4. The minimum absolute atomic E-state index is 0.355. The van der Waals surface area contributed by atoms with Gasteiger partial charge < -0.3 is 5.32 Å². The van der Waals surface area contributed by atoms with Crippen LogP contribution >= 0.6 is 11.6 Å². The molecule has 1 aromatic carbocycles. The van der Waals surface area contributed by atoms with Crippen LogP contribution in [0.1, 0.15) is 0 Å². The van der Waals surface area contributed by atoms with Gasteiger partial charge in [-0.2, -0.15) is 48.3 Å². The Morgan fingerprint density at radius 1 is 0.893 bits per heavy atom. The predicted octanol–water partition coefficient (Wildman–Crippen LogP) is 5.45. The maximum absolute atomic E-state index is 13.9. The second-order valence-electron chi connectivity index (χ2n) is 4.87. The Bertz CT molecular complexity index is 747. The van der Waals surface area contributed by atoms with Gasteiger partial charge in [-0.3, -0.25) is 9.53 Å². The monoisotopic (exact) mass is 457 g/mol. The molecule has 1 N–H and O–H groups in total. The van der Waals surface area contributed by atoms with Crippen molar-refractivity contribution in [3.05, 3.63) is 29.0 Å². The Kier molecular flexibility index (Phi) is 6.18. The number of anilines is 1. The van der Waals surface area contributed by atoms with E-state index in [0.717, 1.165) is 5.32 Å². The van der Waals surface area contributed by atoms with Gasteiger partial charge in [-0.25, -0.2) is 4.39 Å². The number of halogens is 13. The van der Waals surface area contributed by atoms with Crippen molar-refractivity contribution in [1.29, 1.82) is 0 Å². The van der Waals surface area contributed by atoms with E-state index in [4.69, 9.17) is 11.6 Å². The lowest BCUT2D eigenvalue weighted by Crippen LogP contribution is -2.62. The normalized spacial score (nSPS) is 15.9. The molecule has 0 saturated heterocycles. The third kappa shape index (κ3) is 4.39. The number of ether oxygens (including phenoxy) is 1. The molecule has 0 saturated carbocycles. The largest absolute Gasteiger partial charge is 0.462 e. The van der Waals surface area contributed by atoms with Crippen LogP contribution in [0.3, 0.4) is 0 Å². The molecule has 0 aliphatic heterocycles. The fourth-order valence-electron chi connectivity index (χ4n) is 1.42. The van der Waals surface area contributed by atoms with Crippen molar-refractivity contribution >= 4 is 23.2 Å². The summed E-state index contributed by atoms with van der Waals surface area (Å²) < 4.78 is 154. The number of alkyl halides is 11. The van der Waals surface area contributed by atoms with Gasteiger partial charge in [0.05, 0.1) is 5.02 Å². The average molecular weight is 458 g/mol. The zero-order valence-corrected chi connectivity index (χ0v) is 13.2. The highest BCUT2D eigenvalue weighted by atomic mass is 35.5. The standard InChI is InChI=1S/C12H4ClF12NO2/c13-5-3-4(1-2-6(5)14)26-7(27)8(15,10(18,19)20)28-12(24,25)9(16,17)11(21,22)23/h1-3H,(H,26,27). The van der Waals surface area contributed by atoms with E-state index in [2.05, 4.69) is 4.74 Å². The molecule has 1 atom stereocenters. The van der Waals surface area contributed by atoms with E-state index in [9.17, 15) is 57.5 Å². The van der Waals surface area contributed by atoms with E-state index in [-0.39, 0.29) is 0 Å². The van der Waals surface area contributed by atoms with Crippen LogP contribution in [0, 0.1) is 5.82 Å². The molecule has 1 rings (SSSR count). The first-order valence-corrected chi connectivity index (χ1v) is 6.69. The van der Waals surface area contributed by atoms with Gasteiger partial charge in [-0.1, -0.05) is 11.6 Å². The number of carbonyl (C=O) groups is 1. The van der Waals surface area contributed by atoms with Gasteiger partial charge in [-0.05, 0) is 18.2 Å². The number of carbonyl (C=O) groups excluding carboxylic acids is 1. The second-order valence-corrected chi connectivity index (χ2v) is 5.27. The van der Waals surface area contributed by atoms with Gasteiger partial charge in [0.25, 0.3) is 5.91 Å². The minimum Gasteiger partial charge on any atom is -0.321 e. The summed E-state index contributed by atoms with van der Waals surface area (Å²) in [6.07, 6.45) is -21.2. The van der Waals surface area contributed by atoms with E-state index in [1.807, 2.05) is 0 Å². The van der Waals surface area contributed by atoms with E-state index in [1.54, 1.807) is 0 Å². The maximum Gasteiger partial charge on any atom is 0.462 e. The van der Waals surface area contributed by atoms with Gasteiger partial charge in [0, 0.05) is 5.69 Å². The van der Waals surface area contributed by atoms with Crippen LogP contribution in [0.2, 0.25) is 5.02 Å². The number of nitrogens with one attached hydrogen (secondary N) is 1. The van der Waals surface area contributed by atoms with Crippen LogP contribution in [0.4, 0.5) is 58.4 Å². The molecule has 16 heteroatoms. The molecule has 1 unspecified atom stereocenters. The Morgan fingerprint density at radius 3 is 1.79 bits per heavy atom. The van der Waals surface area contributed by atoms with Crippen LogP contribution in [-0.4, -0.2) is 36.1 Å². The summed E-state index contributed by atoms with van der Waals surface area (Å²) >= 11 is 5.20. The lowest BCUT2D eigenvalue weighted by atomic mass is 10.2. The predicted molar refractivity (Wildman–Crippen MR) is 67.0 cm³/mol. The summed E-state index contributed by atoms with van der Waals surface area (Å²) in [6.45, 7) is 0. The molecule has 0 spiro atoms. The molecule has 0 aliphatic carbocycles. The first-order chi connectivity index (χ1) is 12.3. The van der Waals surface area contributed by atoms with Crippen molar-refractivity contribution in [1.82, 2.24) is 0 Å². The van der Waals surface area contributed by atoms with Gasteiger partial charge in [0.1, 0.15) is 5.82 Å². The summed E-state index contributed by atoms with van der Waals surface area (Å²) in [7, 11) is 0. The Labute approximate surface area is 151 Å². The van der Waals surface area contributed by atoms with Crippen molar-refractivity contribution in [2.24, 2.45) is 0 Å². The fraction of sp³-hybridized carbons (Fsp3) is 0.417. The molecule has 0 fully saturated rings. The molecule has 0 aliphatic rings. The smallest absolute Gasteiger partial charge is 0.321 e. The number of amides is 1. The quantitative estimate of drug-likeness (QED) is 0.597. The van der Waals surface area contributed by atoms with Crippen LogP contribution in [-0.2, 0) is 9.53 Å². The highest BCUT2D eigenvalue weighted by molar-refractivity contribution is 6.31. The van der Waals surface area contributed by atoms with Crippen molar-refractivity contribution in [2.45, 2.75) is 30.2 Å². The molecule has 1 amide bonds. The molecular weight excluding hydrogens is 454 g/mol.